The second-order valence-electron chi connectivity index (χ2n) is 8.54. The van der Waals surface area contributed by atoms with E-state index in [1.165, 1.54) is 11.1 Å². The zero-order valence-corrected chi connectivity index (χ0v) is 21.3. The van der Waals surface area contributed by atoms with Crippen LogP contribution in [0.5, 0.6) is 0 Å². The molecule has 4 aromatic carbocycles. The highest BCUT2D eigenvalue weighted by molar-refractivity contribution is 6.09. The fourth-order valence-electron chi connectivity index (χ4n) is 3.89. The zero-order chi connectivity index (χ0) is 25.5. The quantitative estimate of drug-likeness (QED) is 0.211. The van der Waals surface area contributed by atoms with Gasteiger partial charge in [-0.1, -0.05) is 66.7 Å². The molecule has 4 aromatic rings. The number of carbonyl (C=O) groups excluding carboxylic acids is 2. The molecule has 7 heteroatoms. The molecule has 0 aromatic heterocycles. The second kappa shape index (κ2) is 12.5. The molecule has 0 bridgehead atoms. The lowest BCUT2D eigenvalue weighted by atomic mass is 10.0. The lowest BCUT2D eigenvalue weighted by Gasteiger charge is -2.11. The summed E-state index contributed by atoms with van der Waals surface area (Å²) in [5.41, 5.74) is 17.5. The largest absolute Gasteiger partial charge is 0.383 e. The number of aryl methyl sites for hydroxylation is 3. The third-order valence-electron chi connectivity index (χ3n) is 5.95. The minimum Gasteiger partial charge on any atom is -0.383 e. The van der Waals surface area contributed by atoms with Gasteiger partial charge in [0.2, 0.25) is 5.91 Å². The van der Waals surface area contributed by atoms with Gasteiger partial charge in [-0.2, -0.15) is 0 Å². The third-order valence-corrected chi connectivity index (χ3v) is 5.95. The van der Waals surface area contributed by atoms with Crippen molar-refractivity contribution in [3.63, 3.8) is 0 Å². The number of primary amides is 1. The van der Waals surface area contributed by atoms with Crippen molar-refractivity contribution in [2.75, 3.05) is 5.32 Å². The Balaban J connectivity index is 0.00000380. The Morgan fingerprint density at radius 2 is 1.35 bits per heavy atom. The molecule has 6 nitrogen and oxygen atoms in total. The number of amidine groups is 1. The summed E-state index contributed by atoms with van der Waals surface area (Å²) in [6.45, 7) is 1.90. The number of hydrogen-bond acceptors (Lipinski definition) is 3. The molecule has 0 fully saturated rings. The number of nitrogens with zero attached hydrogens (tertiary/aromatic N) is 1. The highest BCUT2D eigenvalue weighted by atomic mass is 35.5. The topological polar surface area (TPSA) is 111 Å². The van der Waals surface area contributed by atoms with Crippen molar-refractivity contribution in [2.45, 2.75) is 19.8 Å². The Morgan fingerprint density at radius 1 is 0.757 bits per heavy atom. The van der Waals surface area contributed by atoms with E-state index in [1.54, 1.807) is 36.4 Å². The van der Waals surface area contributed by atoms with E-state index in [9.17, 15) is 9.59 Å². The van der Waals surface area contributed by atoms with Crippen LogP contribution >= 0.6 is 12.4 Å². The molecule has 37 heavy (non-hydrogen) atoms. The average molecular weight is 513 g/mol. The molecule has 0 saturated carbocycles. The van der Waals surface area contributed by atoms with Crippen molar-refractivity contribution in [1.29, 1.82) is 0 Å². The summed E-state index contributed by atoms with van der Waals surface area (Å²) < 4.78 is 0. The molecule has 0 unspecified atom stereocenters. The van der Waals surface area contributed by atoms with Gasteiger partial charge in [0.15, 0.2) is 0 Å². The summed E-state index contributed by atoms with van der Waals surface area (Å²) in [5.74, 6) is -0.621. The predicted molar refractivity (Wildman–Crippen MR) is 152 cm³/mol. The van der Waals surface area contributed by atoms with Crippen LogP contribution in [0.4, 0.5) is 11.4 Å². The Morgan fingerprint density at radius 3 is 2.00 bits per heavy atom. The zero-order valence-electron chi connectivity index (χ0n) is 20.5. The van der Waals surface area contributed by atoms with E-state index in [-0.39, 0.29) is 24.1 Å². The number of nitrogens with one attached hydrogen (secondary N) is 1. The number of anilines is 1. The molecule has 0 aliphatic rings. The molecule has 0 aliphatic carbocycles. The standard InChI is InChI=1S/C30H28N4O2.ClH/c1-20-11-18-24(33-28(31)25-9-5-6-10-26(25)29(32)35)19-27(20)34-30(36)23-16-14-22(15-17-23)13-12-21-7-3-2-4-8-21;/h2-11,14-19H,12-13H2,1H3,(H2,31,33)(H2,32,35)(H,34,36);1H. The van der Waals surface area contributed by atoms with E-state index in [1.807, 2.05) is 55.5 Å². The molecule has 5 N–H and O–H groups in total. The van der Waals surface area contributed by atoms with Crippen molar-refractivity contribution in [3.8, 4) is 0 Å². The Hall–Kier alpha value is -4.42. The highest BCUT2D eigenvalue weighted by Gasteiger charge is 2.12. The van der Waals surface area contributed by atoms with Crippen molar-refractivity contribution < 1.29 is 9.59 Å². The molecular formula is C30H29ClN4O2. The first kappa shape index (κ1) is 27.2. The maximum absolute atomic E-state index is 12.9. The van der Waals surface area contributed by atoms with E-state index in [4.69, 9.17) is 11.5 Å². The molecule has 0 radical (unpaired) electrons. The van der Waals surface area contributed by atoms with Gasteiger partial charge in [-0.15, -0.1) is 12.4 Å². The monoisotopic (exact) mass is 512 g/mol. The minimum absolute atomic E-state index is 0. The third kappa shape index (κ3) is 7.06. The predicted octanol–water partition coefficient (Wildman–Crippen LogP) is 5.59. The Kier molecular flexibility index (Phi) is 9.19. The van der Waals surface area contributed by atoms with Crippen molar-refractivity contribution in [1.82, 2.24) is 0 Å². The molecule has 0 atom stereocenters. The molecule has 4 rings (SSSR count). The highest BCUT2D eigenvalue weighted by Crippen LogP contribution is 2.24. The maximum atomic E-state index is 12.9. The summed E-state index contributed by atoms with van der Waals surface area (Å²) in [6, 6.07) is 30.2. The molecule has 2 amide bonds. The minimum atomic E-state index is -0.577. The fourth-order valence-corrected chi connectivity index (χ4v) is 3.89. The smallest absolute Gasteiger partial charge is 0.255 e. The number of halogens is 1. The van der Waals surface area contributed by atoms with Crippen LogP contribution in [0.3, 0.4) is 0 Å². The lowest BCUT2D eigenvalue weighted by Crippen LogP contribution is -2.21. The van der Waals surface area contributed by atoms with Crippen molar-refractivity contribution in [3.05, 3.63) is 130 Å². The molecule has 188 valence electrons. The van der Waals surface area contributed by atoms with Gasteiger partial charge in [-0.25, -0.2) is 4.99 Å². The SMILES string of the molecule is Cc1ccc(N=C(N)c2ccccc2C(N)=O)cc1NC(=O)c1ccc(CCc2ccccc2)cc1.Cl. The van der Waals surface area contributed by atoms with Crippen LogP contribution in [0, 0.1) is 6.92 Å². The number of nitrogens with two attached hydrogens (primary N) is 2. The van der Waals surface area contributed by atoms with Crippen molar-refractivity contribution >= 4 is 41.4 Å². The molecule has 0 spiro atoms. The number of amides is 2. The fraction of sp³-hybridized carbons (Fsp3) is 0.100. The van der Waals surface area contributed by atoms with Crippen LogP contribution < -0.4 is 16.8 Å². The van der Waals surface area contributed by atoms with E-state index in [0.717, 1.165) is 18.4 Å². The normalized spacial score (nSPS) is 10.9. The van der Waals surface area contributed by atoms with Gasteiger partial charge in [-0.05, 0) is 66.8 Å². The van der Waals surface area contributed by atoms with Crippen LogP contribution in [-0.2, 0) is 12.8 Å². The van der Waals surface area contributed by atoms with Gasteiger partial charge in [-0.3, -0.25) is 9.59 Å². The number of benzene rings is 4. The van der Waals surface area contributed by atoms with Gasteiger partial charge in [0.05, 0.1) is 11.3 Å². The molecular weight excluding hydrogens is 484 g/mol. The van der Waals surface area contributed by atoms with E-state index < -0.39 is 5.91 Å². The van der Waals surface area contributed by atoms with E-state index in [0.29, 0.717) is 28.1 Å². The Bertz CT molecular complexity index is 1420. The Labute approximate surface area is 222 Å². The second-order valence-corrected chi connectivity index (χ2v) is 8.54. The van der Waals surface area contributed by atoms with E-state index >= 15 is 0 Å². The van der Waals surface area contributed by atoms with Crippen LogP contribution in [-0.4, -0.2) is 17.6 Å². The lowest BCUT2D eigenvalue weighted by molar-refractivity contribution is 0.0997. The number of hydrogen-bond donors (Lipinski definition) is 3. The first-order valence-corrected chi connectivity index (χ1v) is 11.7. The summed E-state index contributed by atoms with van der Waals surface area (Å²) in [7, 11) is 0. The summed E-state index contributed by atoms with van der Waals surface area (Å²) in [6.07, 6.45) is 1.86. The van der Waals surface area contributed by atoms with Gasteiger partial charge >= 0.3 is 0 Å². The molecule has 0 saturated heterocycles. The van der Waals surface area contributed by atoms with Gasteiger partial charge in [0.1, 0.15) is 5.84 Å². The van der Waals surface area contributed by atoms with Crippen LogP contribution in [0.15, 0.2) is 102 Å². The summed E-state index contributed by atoms with van der Waals surface area (Å²) >= 11 is 0. The van der Waals surface area contributed by atoms with E-state index in [2.05, 4.69) is 22.4 Å². The maximum Gasteiger partial charge on any atom is 0.255 e. The van der Waals surface area contributed by atoms with Gasteiger partial charge < -0.3 is 16.8 Å². The first-order valence-electron chi connectivity index (χ1n) is 11.7. The molecule has 0 heterocycles. The van der Waals surface area contributed by atoms with Crippen LogP contribution in [0.1, 0.15) is 43.0 Å². The van der Waals surface area contributed by atoms with Crippen molar-refractivity contribution in [2.24, 2.45) is 16.5 Å². The molecule has 0 aliphatic heterocycles. The van der Waals surface area contributed by atoms with Crippen LogP contribution in [0.25, 0.3) is 0 Å². The number of carbonyl (C=O) groups is 2. The number of aliphatic imine (C=N–C) groups is 1. The van der Waals surface area contributed by atoms with Gasteiger partial charge in [0.25, 0.3) is 5.91 Å². The summed E-state index contributed by atoms with van der Waals surface area (Å²) in [4.78, 5) is 29.1. The van der Waals surface area contributed by atoms with Gasteiger partial charge in [0, 0.05) is 16.8 Å². The van der Waals surface area contributed by atoms with Crippen LogP contribution in [0.2, 0.25) is 0 Å². The average Bonchev–Trinajstić information content (AvgIpc) is 2.90. The number of rotatable bonds is 8. The summed E-state index contributed by atoms with van der Waals surface area (Å²) in [5, 5.41) is 2.96. The first-order chi connectivity index (χ1) is 17.4.